The molecule has 0 fully saturated rings. The van der Waals surface area contributed by atoms with Crippen molar-refractivity contribution in [3.63, 3.8) is 0 Å². The number of aliphatic hydroxyl groups is 1. The average Bonchev–Trinajstić information content (AvgIpc) is 2.82. The second kappa shape index (κ2) is 16.9. The first-order valence-electron chi connectivity index (χ1n) is 13.0. The number of rotatable bonds is 19. The first-order chi connectivity index (χ1) is 17.1. The minimum Gasteiger partial charge on any atom is -0.481 e. The van der Waals surface area contributed by atoms with E-state index in [9.17, 15) is 44.4 Å². The maximum absolute atomic E-state index is 11.5. The summed E-state index contributed by atoms with van der Waals surface area (Å²) in [7, 11) is 0. The van der Waals surface area contributed by atoms with Gasteiger partial charge in [0.2, 0.25) is 0 Å². The van der Waals surface area contributed by atoms with E-state index in [1.807, 2.05) is 13.8 Å². The number of carbonyl (C=O) groups is 5. The molecule has 0 aromatic heterocycles. The van der Waals surface area contributed by atoms with Gasteiger partial charge in [0.25, 0.3) is 0 Å². The minimum absolute atomic E-state index is 0.187. The lowest BCUT2D eigenvalue weighted by molar-refractivity contribution is -0.205. The molecule has 0 aliphatic heterocycles. The molecule has 0 saturated heterocycles. The molecule has 0 spiro atoms. The summed E-state index contributed by atoms with van der Waals surface area (Å²) in [6, 6.07) is 0. The fourth-order valence-electron chi connectivity index (χ4n) is 4.87. The van der Waals surface area contributed by atoms with Gasteiger partial charge < -0.3 is 30.6 Å². The number of carboxylic acid groups (broad SMARTS) is 5. The van der Waals surface area contributed by atoms with E-state index in [-0.39, 0.29) is 25.7 Å². The fourth-order valence-corrected chi connectivity index (χ4v) is 4.87. The van der Waals surface area contributed by atoms with Crippen molar-refractivity contribution in [2.45, 2.75) is 117 Å². The van der Waals surface area contributed by atoms with E-state index in [0.29, 0.717) is 12.8 Å². The Morgan fingerprint density at radius 2 is 1.08 bits per heavy atom. The third-order valence-electron chi connectivity index (χ3n) is 7.74. The molecule has 11 nitrogen and oxygen atoms in total. The zero-order chi connectivity index (χ0) is 29.4. The summed E-state index contributed by atoms with van der Waals surface area (Å²) in [6.07, 6.45) is 6.31. The van der Waals surface area contributed by atoms with Gasteiger partial charge in [-0.1, -0.05) is 60.3 Å². The lowest BCUT2D eigenvalue weighted by Gasteiger charge is -2.43. The van der Waals surface area contributed by atoms with Crippen LogP contribution in [0.5, 0.6) is 0 Å². The van der Waals surface area contributed by atoms with Gasteiger partial charge in [-0.3, -0.25) is 19.2 Å². The van der Waals surface area contributed by atoms with Crippen molar-refractivity contribution >= 4 is 29.8 Å². The molecule has 0 bridgehead atoms. The van der Waals surface area contributed by atoms with Gasteiger partial charge in [-0.05, 0) is 44.9 Å². The number of carboxylic acids is 5. The number of hydrogen-bond acceptors (Lipinski definition) is 6. The summed E-state index contributed by atoms with van der Waals surface area (Å²) in [5, 5.41) is 55.8. The predicted octanol–water partition coefficient (Wildman–Crippen LogP) is 4.50. The maximum atomic E-state index is 11.5. The predicted molar refractivity (Wildman–Crippen MR) is 135 cm³/mol. The molecule has 0 aliphatic rings. The molecular formula is C26H46O11. The van der Waals surface area contributed by atoms with Gasteiger partial charge in [-0.2, -0.15) is 0 Å². The van der Waals surface area contributed by atoms with Crippen LogP contribution in [0, 0.1) is 16.7 Å². The molecule has 0 amide bonds. The second-order valence-electron chi connectivity index (χ2n) is 9.42. The minimum atomic E-state index is -2.86. The first kappa shape index (κ1) is 36.5. The van der Waals surface area contributed by atoms with E-state index in [4.69, 9.17) is 10.2 Å². The number of hydrogen-bond donors (Lipinski definition) is 6. The topological polar surface area (TPSA) is 207 Å². The molecular weight excluding hydrogens is 488 g/mol. The molecule has 216 valence electrons. The zero-order valence-corrected chi connectivity index (χ0v) is 22.8. The third-order valence-corrected chi connectivity index (χ3v) is 7.74. The maximum Gasteiger partial charge on any atom is 0.337 e. The van der Waals surface area contributed by atoms with Crippen LogP contribution in [-0.2, 0) is 24.0 Å². The summed E-state index contributed by atoms with van der Waals surface area (Å²) in [4.78, 5) is 55.6. The highest BCUT2D eigenvalue weighted by atomic mass is 16.4. The molecule has 2 unspecified atom stereocenters. The highest BCUT2D eigenvalue weighted by Crippen LogP contribution is 2.45. The average molecular weight is 535 g/mol. The Balaban J connectivity index is 0. The van der Waals surface area contributed by atoms with E-state index < -0.39 is 52.2 Å². The molecule has 2 atom stereocenters. The molecule has 0 saturated carbocycles. The molecule has 0 heterocycles. The highest BCUT2D eigenvalue weighted by Gasteiger charge is 2.64. The van der Waals surface area contributed by atoms with Crippen molar-refractivity contribution in [3.05, 3.63) is 0 Å². The van der Waals surface area contributed by atoms with Crippen LogP contribution in [0.1, 0.15) is 112 Å². The van der Waals surface area contributed by atoms with Gasteiger partial charge in [-0.15, -0.1) is 0 Å². The molecule has 37 heavy (non-hydrogen) atoms. The van der Waals surface area contributed by atoms with Gasteiger partial charge >= 0.3 is 29.8 Å². The molecule has 6 N–H and O–H groups in total. The van der Waals surface area contributed by atoms with E-state index >= 15 is 0 Å². The molecule has 0 aromatic carbocycles. The van der Waals surface area contributed by atoms with Crippen molar-refractivity contribution in [2.24, 2.45) is 16.7 Å². The van der Waals surface area contributed by atoms with Crippen molar-refractivity contribution < 1.29 is 54.6 Å². The molecule has 0 rings (SSSR count). The number of aliphatic carboxylic acids is 5. The van der Waals surface area contributed by atoms with E-state index in [2.05, 4.69) is 0 Å². The van der Waals surface area contributed by atoms with Crippen LogP contribution in [0.25, 0.3) is 0 Å². The lowest BCUT2D eigenvalue weighted by atomic mass is 9.61. The standard InChI is InChI=1S/C14H26O4.C12H20O7/c1-3-14(4-2,13(17)18)11-9-7-5-6-8-10-12(15)16;1-4-7(8(13)14)12(19,10(17)18)11(5-2,6-3)9(15)16/h3-11H2,1-2H3,(H,15,16)(H,17,18);7,19H,4-6H2,1-3H3,(H,13,14)(H,15,16)(H,17,18). The van der Waals surface area contributed by atoms with Crippen LogP contribution in [-0.4, -0.2) is 66.1 Å². The van der Waals surface area contributed by atoms with Crippen LogP contribution in [0.3, 0.4) is 0 Å². The summed E-state index contributed by atoms with van der Waals surface area (Å²) in [6.45, 7) is 8.10. The molecule has 11 heteroatoms. The summed E-state index contributed by atoms with van der Waals surface area (Å²) < 4.78 is 0. The molecule has 0 aliphatic carbocycles. The first-order valence-corrected chi connectivity index (χ1v) is 13.0. The summed E-state index contributed by atoms with van der Waals surface area (Å²) in [5.74, 6) is -7.98. The molecule has 0 radical (unpaired) electrons. The molecule has 0 aromatic rings. The van der Waals surface area contributed by atoms with Crippen molar-refractivity contribution in [1.82, 2.24) is 0 Å². The Morgan fingerprint density at radius 1 is 0.622 bits per heavy atom. The quantitative estimate of drug-likeness (QED) is 0.127. The van der Waals surface area contributed by atoms with Crippen LogP contribution in [0.15, 0.2) is 0 Å². The van der Waals surface area contributed by atoms with Crippen molar-refractivity contribution in [3.8, 4) is 0 Å². The van der Waals surface area contributed by atoms with Gasteiger partial charge in [0.15, 0.2) is 5.60 Å². The van der Waals surface area contributed by atoms with E-state index in [0.717, 1.165) is 38.5 Å². The van der Waals surface area contributed by atoms with Gasteiger partial charge in [0.05, 0.1) is 11.3 Å². The Bertz CT molecular complexity index is 754. The highest BCUT2D eigenvalue weighted by molar-refractivity contribution is 5.93. The second-order valence-corrected chi connectivity index (χ2v) is 9.42. The van der Waals surface area contributed by atoms with Crippen molar-refractivity contribution in [1.29, 1.82) is 0 Å². The van der Waals surface area contributed by atoms with Crippen LogP contribution in [0.2, 0.25) is 0 Å². The van der Waals surface area contributed by atoms with Gasteiger partial charge in [-0.25, -0.2) is 4.79 Å². The van der Waals surface area contributed by atoms with Gasteiger partial charge in [0, 0.05) is 6.42 Å². The summed E-state index contributed by atoms with van der Waals surface area (Å²) >= 11 is 0. The smallest absolute Gasteiger partial charge is 0.337 e. The largest absolute Gasteiger partial charge is 0.481 e. The Kier molecular flexibility index (Phi) is 16.7. The van der Waals surface area contributed by atoms with Crippen molar-refractivity contribution in [2.75, 3.05) is 0 Å². The fraction of sp³-hybridized carbons (Fsp3) is 0.808. The van der Waals surface area contributed by atoms with Gasteiger partial charge in [0.1, 0.15) is 5.41 Å². The number of unbranched alkanes of at least 4 members (excludes halogenated alkanes) is 4. The van der Waals surface area contributed by atoms with Crippen LogP contribution in [0.4, 0.5) is 0 Å². The summed E-state index contributed by atoms with van der Waals surface area (Å²) in [5.41, 5.74) is -5.46. The monoisotopic (exact) mass is 534 g/mol. The Hall–Kier alpha value is -2.69. The normalized spacial score (nSPS) is 14.0. The third kappa shape index (κ3) is 9.28. The Labute approximate surface area is 218 Å². The van der Waals surface area contributed by atoms with E-state index in [1.54, 1.807) is 0 Å². The Morgan fingerprint density at radius 3 is 1.38 bits per heavy atom. The van der Waals surface area contributed by atoms with E-state index in [1.165, 1.54) is 20.8 Å². The van der Waals surface area contributed by atoms with Crippen LogP contribution >= 0.6 is 0 Å². The van der Waals surface area contributed by atoms with Crippen LogP contribution < -0.4 is 0 Å². The lowest BCUT2D eigenvalue weighted by Crippen LogP contribution is -2.63. The zero-order valence-electron chi connectivity index (χ0n) is 22.8. The SMILES string of the molecule is CCC(C(=O)O)C(O)(C(=O)O)C(CC)(CC)C(=O)O.CCC(CC)(CCCCCCCC(=O)O)C(=O)O.